The Morgan fingerprint density at radius 2 is 2.00 bits per heavy atom. The van der Waals surface area contributed by atoms with Crippen LogP contribution in [0.3, 0.4) is 0 Å². The van der Waals surface area contributed by atoms with E-state index < -0.39 is 5.60 Å². The molecule has 2 heterocycles. The molecule has 3 rings (SSSR count). The second kappa shape index (κ2) is 9.00. The maximum Gasteiger partial charge on any atom is 0.254 e. The first-order valence-electron chi connectivity index (χ1n) is 9.48. The quantitative estimate of drug-likeness (QED) is 0.804. The van der Waals surface area contributed by atoms with Gasteiger partial charge in [0.25, 0.3) is 5.91 Å². The van der Waals surface area contributed by atoms with Crippen LogP contribution in [-0.2, 0) is 4.79 Å². The molecule has 1 aromatic heterocycles. The number of aromatic nitrogens is 1. The Balaban J connectivity index is 1.60. The number of carbonyl (C=O) groups excluding carboxylic acids is 2. The lowest BCUT2D eigenvalue weighted by Crippen LogP contribution is -2.38. The van der Waals surface area contributed by atoms with Gasteiger partial charge in [0.05, 0.1) is 0 Å². The maximum absolute atomic E-state index is 13.0. The molecule has 1 aliphatic heterocycles. The summed E-state index contributed by atoms with van der Waals surface area (Å²) in [5.74, 6) is 0.0184. The number of hydrogen-bond donors (Lipinski definition) is 2. The minimum Gasteiger partial charge on any atom is -0.491 e. The first-order valence-corrected chi connectivity index (χ1v) is 9.48. The second-order valence-corrected chi connectivity index (χ2v) is 7.22. The minimum absolute atomic E-state index is 0.0720. The third-order valence-electron chi connectivity index (χ3n) is 4.84. The lowest BCUT2D eigenvalue weighted by Gasteiger charge is -2.27. The smallest absolute Gasteiger partial charge is 0.254 e. The predicted octanol–water partition coefficient (Wildman–Crippen LogP) is 2.62. The first-order chi connectivity index (χ1) is 13.8. The van der Waals surface area contributed by atoms with Crippen molar-refractivity contribution in [3.05, 3.63) is 54.0 Å². The van der Waals surface area contributed by atoms with Crippen LogP contribution in [-0.4, -0.2) is 52.1 Å². The molecule has 8 heteroatoms. The van der Waals surface area contributed by atoms with Gasteiger partial charge in [-0.1, -0.05) is 0 Å². The van der Waals surface area contributed by atoms with Crippen molar-refractivity contribution in [1.29, 1.82) is 0 Å². The van der Waals surface area contributed by atoms with Crippen LogP contribution in [0.5, 0.6) is 5.75 Å². The summed E-state index contributed by atoms with van der Waals surface area (Å²) in [5.41, 5.74) is -0.639. The van der Waals surface area contributed by atoms with Crippen LogP contribution in [0.15, 0.2) is 42.6 Å². The van der Waals surface area contributed by atoms with Crippen LogP contribution in [0.2, 0.25) is 0 Å². The highest BCUT2D eigenvalue weighted by atomic mass is 19.1. The minimum atomic E-state index is -1.07. The third kappa shape index (κ3) is 5.74. The number of halogens is 1. The number of nitrogens with zero attached hydrogens (tertiary/aromatic N) is 2. The van der Waals surface area contributed by atoms with Gasteiger partial charge in [0.15, 0.2) is 0 Å². The number of ether oxygens (including phenoxy) is 1. The van der Waals surface area contributed by atoms with E-state index in [-0.39, 0.29) is 24.2 Å². The highest BCUT2D eigenvalue weighted by Crippen LogP contribution is 2.25. The van der Waals surface area contributed by atoms with E-state index in [1.807, 2.05) is 0 Å². The van der Waals surface area contributed by atoms with Gasteiger partial charge >= 0.3 is 0 Å². The summed E-state index contributed by atoms with van der Waals surface area (Å²) >= 11 is 0. The molecule has 1 aliphatic rings. The number of hydrogen-bond acceptors (Lipinski definition) is 5. The average Bonchev–Trinajstić information content (AvgIpc) is 2.89. The summed E-state index contributed by atoms with van der Waals surface area (Å²) in [6, 6.07) is 8.77. The van der Waals surface area contributed by atoms with Crippen LogP contribution in [0.4, 0.5) is 10.2 Å². The van der Waals surface area contributed by atoms with Crippen LogP contribution in [0.25, 0.3) is 0 Å². The van der Waals surface area contributed by atoms with Crippen molar-refractivity contribution in [3.63, 3.8) is 0 Å². The van der Waals surface area contributed by atoms with Gasteiger partial charge in [-0.3, -0.25) is 9.59 Å². The molecule has 1 aromatic carbocycles. The molecular weight excluding hydrogens is 377 g/mol. The van der Waals surface area contributed by atoms with Crippen molar-refractivity contribution in [3.8, 4) is 5.75 Å². The van der Waals surface area contributed by atoms with Crippen LogP contribution in [0.1, 0.15) is 36.5 Å². The first kappa shape index (κ1) is 20.7. The molecule has 2 N–H and O–H groups in total. The molecule has 2 aromatic rings. The van der Waals surface area contributed by atoms with E-state index in [4.69, 9.17) is 4.74 Å². The maximum atomic E-state index is 13.0. The van der Waals surface area contributed by atoms with E-state index in [2.05, 4.69) is 10.3 Å². The molecule has 1 saturated heterocycles. The molecule has 0 spiro atoms. The summed E-state index contributed by atoms with van der Waals surface area (Å²) < 4.78 is 18.6. The number of pyridine rings is 1. The highest BCUT2D eigenvalue weighted by molar-refractivity contribution is 5.96. The van der Waals surface area contributed by atoms with Gasteiger partial charge in [-0.25, -0.2) is 9.37 Å². The summed E-state index contributed by atoms with van der Waals surface area (Å²) in [6.07, 6.45) is 2.96. The summed E-state index contributed by atoms with van der Waals surface area (Å²) in [6.45, 7) is 2.33. The lowest BCUT2D eigenvalue weighted by atomic mass is 9.96. The van der Waals surface area contributed by atoms with Gasteiger partial charge in [0, 0.05) is 31.8 Å². The number of likely N-dealkylation sites (tertiary alicyclic amines) is 1. The average molecular weight is 401 g/mol. The number of rotatable bonds is 5. The molecule has 2 amide bonds. The number of amides is 2. The largest absolute Gasteiger partial charge is 0.491 e. The molecule has 29 heavy (non-hydrogen) atoms. The van der Waals surface area contributed by atoms with Crippen LogP contribution < -0.4 is 10.1 Å². The Kier molecular flexibility index (Phi) is 6.43. The molecule has 1 unspecified atom stereocenters. The highest BCUT2D eigenvalue weighted by Gasteiger charge is 2.32. The predicted molar refractivity (Wildman–Crippen MR) is 105 cm³/mol. The Morgan fingerprint density at radius 3 is 2.72 bits per heavy atom. The van der Waals surface area contributed by atoms with E-state index in [9.17, 15) is 19.1 Å². The topological polar surface area (TPSA) is 91.8 Å². The molecular formula is C21H24FN3O4. The Morgan fingerprint density at radius 1 is 1.24 bits per heavy atom. The van der Waals surface area contributed by atoms with Crippen molar-refractivity contribution in [1.82, 2.24) is 9.88 Å². The van der Waals surface area contributed by atoms with Gasteiger partial charge < -0.3 is 20.1 Å². The second-order valence-electron chi connectivity index (χ2n) is 7.22. The standard InChI is InChI=1S/C21H24FN3O4/c1-15(26)24-19-13-16(7-10-23-19)20(27)25-11-2-8-21(28,9-12-25)14-29-18-5-3-17(22)4-6-18/h3-7,10,13,28H,2,8-9,11-12,14H2,1H3,(H,23,24,26). The zero-order chi connectivity index (χ0) is 20.9. The Hall–Kier alpha value is -3.00. The van der Waals surface area contributed by atoms with E-state index in [1.165, 1.54) is 37.4 Å². The van der Waals surface area contributed by atoms with Crippen molar-refractivity contribution in [2.24, 2.45) is 0 Å². The van der Waals surface area contributed by atoms with Gasteiger partial charge in [-0.2, -0.15) is 0 Å². The molecule has 1 atom stereocenters. The van der Waals surface area contributed by atoms with Crippen LogP contribution >= 0.6 is 0 Å². The molecule has 0 aliphatic carbocycles. The van der Waals surface area contributed by atoms with E-state index in [1.54, 1.807) is 17.0 Å². The van der Waals surface area contributed by atoms with Crippen molar-refractivity contribution < 1.29 is 23.8 Å². The van der Waals surface area contributed by atoms with Gasteiger partial charge in [-0.15, -0.1) is 0 Å². The van der Waals surface area contributed by atoms with Gasteiger partial charge in [0.2, 0.25) is 5.91 Å². The summed E-state index contributed by atoms with van der Waals surface area (Å²) in [5, 5.41) is 13.4. The van der Waals surface area contributed by atoms with Crippen molar-refractivity contribution in [2.45, 2.75) is 31.8 Å². The lowest BCUT2D eigenvalue weighted by molar-refractivity contribution is -0.114. The summed E-state index contributed by atoms with van der Waals surface area (Å²) in [7, 11) is 0. The Bertz CT molecular complexity index is 874. The zero-order valence-electron chi connectivity index (χ0n) is 16.2. The molecule has 0 bridgehead atoms. The fourth-order valence-electron chi connectivity index (χ4n) is 3.27. The Labute approximate surface area is 168 Å². The number of benzene rings is 1. The van der Waals surface area contributed by atoms with Crippen LogP contribution in [0, 0.1) is 5.82 Å². The molecule has 7 nitrogen and oxygen atoms in total. The number of aliphatic hydroxyl groups is 1. The fraction of sp³-hybridized carbons (Fsp3) is 0.381. The normalized spacial score (nSPS) is 19.3. The monoisotopic (exact) mass is 401 g/mol. The van der Waals surface area contributed by atoms with E-state index in [0.717, 1.165) is 0 Å². The van der Waals surface area contributed by atoms with E-state index >= 15 is 0 Å². The third-order valence-corrected chi connectivity index (χ3v) is 4.84. The zero-order valence-corrected chi connectivity index (χ0v) is 16.2. The van der Waals surface area contributed by atoms with Gasteiger partial charge in [-0.05, 0) is 55.7 Å². The van der Waals surface area contributed by atoms with Crippen molar-refractivity contribution in [2.75, 3.05) is 25.0 Å². The molecule has 0 radical (unpaired) electrons. The van der Waals surface area contributed by atoms with Gasteiger partial charge in [0.1, 0.15) is 29.6 Å². The number of anilines is 1. The van der Waals surface area contributed by atoms with Crippen molar-refractivity contribution >= 4 is 17.6 Å². The fourth-order valence-corrected chi connectivity index (χ4v) is 3.27. The number of carbonyl (C=O) groups is 2. The number of nitrogens with one attached hydrogen (secondary N) is 1. The molecule has 1 fully saturated rings. The molecule has 154 valence electrons. The summed E-state index contributed by atoms with van der Waals surface area (Å²) in [4.78, 5) is 29.7. The SMILES string of the molecule is CC(=O)Nc1cc(C(=O)N2CCCC(O)(COc3ccc(F)cc3)CC2)ccn1. The molecule has 0 saturated carbocycles. The van der Waals surface area contributed by atoms with E-state index in [0.29, 0.717) is 49.5 Å².